The van der Waals surface area contributed by atoms with Crippen molar-refractivity contribution in [3.63, 3.8) is 0 Å². The predicted molar refractivity (Wildman–Crippen MR) is 114 cm³/mol. The molecule has 15 nitrogen and oxygen atoms in total. The van der Waals surface area contributed by atoms with Crippen LogP contribution in [0.15, 0.2) is 12.1 Å². The highest BCUT2D eigenvalue weighted by Gasteiger charge is 2.44. The summed E-state index contributed by atoms with van der Waals surface area (Å²) in [5, 5.41) is 46.1. The molecule has 1 aliphatic heterocycles. The summed E-state index contributed by atoms with van der Waals surface area (Å²) >= 11 is 0. The second kappa shape index (κ2) is 10.6. The van der Waals surface area contributed by atoms with Gasteiger partial charge in [-0.25, -0.2) is 0 Å². The molecule has 0 radical (unpaired) electrons. The highest BCUT2D eigenvalue weighted by atomic mass is 16.6. The van der Waals surface area contributed by atoms with Crippen LogP contribution in [0, 0.1) is 36.3 Å². The SMILES string of the molecule is CC(=O)NC1(NC(C)=O)CC(C)N(C)CC1C.O=[N+]([O-])c1cc([N+](=O)[O-])c(O)c([N+](=O)[O-])c1. The summed E-state index contributed by atoms with van der Waals surface area (Å²) in [6.07, 6.45) is 0.726. The van der Waals surface area contributed by atoms with E-state index in [-0.39, 0.29) is 17.7 Å². The van der Waals surface area contributed by atoms with Crippen molar-refractivity contribution in [2.45, 2.75) is 45.8 Å². The van der Waals surface area contributed by atoms with E-state index in [0.29, 0.717) is 18.2 Å². The molecule has 1 aliphatic rings. The Labute approximate surface area is 188 Å². The minimum Gasteiger partial charge on any atom is -0.497 e. The molecule has 2 unspecified atom stereocenters. The molecule has 15 heteroatoms. The van der Waals surface area contributed by atoms with Crippen LogP contribution in [0.5, 0.6) is 5.75 Å². The number of hydrogen-bond acceptors (Lipinski definition) is 10. The Kier molecular flexibility index (Phi) is 8.74. The van der Waals surface area contributed by atoms with Gasteiger partial charge in [-0.1, -0.05) is 6.92 Å². The number of nitrogens with zero attached hydrogens (tertiary/aromatic N) is 4. The number of piperidine rings is 1. The topological polar surface area (TPSA) is 211 Å². The number of nitro benzene ring substituents is 3. The third-order valence-electron chi connectivity index (χ3n) is 5.23. The molecule has 3 N–H and O–H groups in total. The summed E-state index contributed by atoms with van der Waals surface area (Å²) in [6.45, 7) is 7.97. The molecule has 182 valence electrons. The number of nitro groups is 3. The Bertz CT molecular complexity index is 916. The smallest absolute Gasteiger partial charge is 0.324 e. The van der Waals surface area contributed by atoms with Crippen LogP contribution in [0.4, 0.5) is 17.1 Å². The van der Waals surface area contributed by atoms with Gasteiger partial charge in [0.05, 0.1) is 26.9 Å². The third kappa shape index (κ3) is 6.80. The summed E-state index contributed by atoms with van der Waals surface area (Å²) < 4.78 is 0. The number of non-ortho nitro benzene ring substituents is 1. The molecule has 2 atom stereocenters. The molecular formula is C18H26N6O9. The van der Waals surface area contributed by atoms with Gasteiger partial charge in [-0.2, -0.15) is 0 Å². The lowest BCUT2D eigenvalue weighted by Crippen LogP contribution is -2.69. The number of phenolic OH excluding ortho intramolecular Hbond substituents is 1. The molecule has 0 aromatic heterocycles. The standard InChI is InChI=1S/C12H23N3O2.C6H3N3O7/c1-8-7-15(5)9(2)6-12(8,13-10(3)16)14-11(4)17;10-6-4(8(13)14)1-3(7(11)12)2-5(6)9(15)16/h8-9H,6-7H2,1-5H3,(H,13,16)(H,14,17);1-2,10H. The van der Waals surface area contributed by atoms with Gasteiger partial charge in [0.15, 0.2) is 0 Å². The van der Waals surface area contributed by atoms with Crippen molar-refractivity contribution >= 4 is 28.9 Å². The number of likely N-dealkylation sites (tertiary alicyclic amines) is 1. The first-order valence-corrected chi connectivity index (χ1v) is 9.69. The second-order valence-electron chi connectivity index (χ2n) is 7.83. The van der Waals surface area contributed by atoms with Gasteiger partial charge in [-0.15, -0.1) is 0 Å². The van der Waals surface area contributed by atoms with Crippen molar-refractivity contribution in [2.24, 2.45) is 5.92 Å². The fourth-order valence-electron chi connectivity index (χ4n) is 3.57. The number of benzene rings is 1. The number of phenols is 1. The van der Waals surface area contributed by atoms with Gasteiger partial charge in [0.2, 0.25) is 11.8 Å². The molecule has 2 rings (SSSR count). The first-order chi connectivity index (χ1) is 15.1. The number of carbonyl (C=O) groups excluding carboxylic acids is 2. The zero-order valence-electron chi connectivity index (χ0n) is 18.7. The Morgan fingerprint density at radius 3 is 1.76 bits per heavy atom. The molecule has 1 fully saturated rings. The van der Waals surface area contributed by atoms with Crippen LogP contribution in [-0.4, -0.2) is 61.9 Å². The van der Waals surface area contributed by atoms with Gasteiger partial charge in [0.25, 0.3) is 11.4 Å². The van der Waals surface area contributed by atoms with E-state index in [1.807, 2.05) is 6.92 Å². The maximum atomic E-state index is 11.4. The minimum atomic E-state index is -1.21. The van der Waals surface area contributed by atoms with Crippen molar-refractivity contribution in [1.82, 2.24) is 15.5 Å². The number of rotatable bonds is 5. The summed E-state index contributed by atoms with van der Waals surface area (Å²) in [6, 6.07) is 1.22. The Hall–Kier alpha value is -3.88. The van der Waals surface area contributed by atoms with Crippen molar-refractivity contribution in [3.05, 3.63) is 42.5 Å². The van der Waals surface area contributed by atoms with Crippen LogP contribution >= 0.6 is 0 Å². The molecule has 0 bridgehead atoms. The zero-order chi connectivity index (χ0) is 25.7. The third-order valence-corrected chi connectivity index (χ3v) is 5.23. The maximum absolute atomic E-state index is 11.4. The molecule has 1 aromatic carbocycles. The molecule has 0 aliphatic carbocycles. The number of carbonyl (C=O) groups is 2. The molecule has 0 saturated carbocycles. The van der Waals surface area contributed by atoms with E-state index in [1.165, 1.54) is 13.8 Å². The van der Waals surface area contributed by atoms with E-state index in [0.717, 1.165) is 13.0 Å². The normalized spacial score (nSPS) is 19.4. The minimum absolute atomic E-state index is 0.109. The van der Waals surface area contributed by atoms with Crippen molar-refractivity contribution < 1.29 is 29.5 Å². The number of amides is 2. The van der Waals surface area contributed by atoms with Crippen LogP contribution in [0.1, 0.15) is 34.1 Å². The quantitative estimate of drug-likeness (QED) is 0.320. The Morgan fingerprint density at radius 1 is 1.00 bits per heavy atom. The summed E-state index contributed by atoms with van der Waals surface area (Å²) in [5.41, 5.74) is -3.61. The first-order valence-electron chi connectivity index (χ1n) is 9.69. The van der Waals surface area contributed by atoms with E-state index in [4.69, 9.17) is 5.11 Å². The van der Waals surface area contributed by atoms with Crippen LogP contribution in [-0.2, 0) is 9.59 Å². The van der Waals surface area contributed by atoms with Crippen LogP contribution in [0.25, 0.3) is 0 Å². The maximum Gasteiger partial charge on any atom is 0.324 e. The largest absolute Gasteiger partial charge is 0.497 e. The van der Waals surface area contributed by atoms with Crippen molar-refractivity contribution in [1.29, 1.82) is 0 Å². The highest BCUT2D eigenvalue weighted by Crippen LogP contribution is 2.39. The van der Waals surface area contributed by atoms with Crippen molar-refractivity contribution in [2.75, 3.05) is 13.6 Å². The lowest BCUT2D eigenvalue weighted by atomic mass is 9.82. The van der Waals surface area contributed by atoms with E-state index >= 15 is 0 Å². The number of hydrogen-bond donors (Lipinski definition) is 3. The van der Waals surface area contributed by atoms with Gasteiger partial charge in [-0.05, 0) is 14.0 Å². The van der Waals surface area contributed by atoms with E-state index in [1.54, 1.807) is 0 Å². The van der Waals surface area contributed by atoms with Crippen LogP contribution in [0.2, 0.25) is 0 Å². The molecule has 1 saturated heterocycles. The zero-order valence-corrected chi connectivity index (χ0v) is 18.7. The van der Waals surface area contributed by atoms with Gasteiger partial charge in [-0.3, -0.25) is 39.9 Å². The summed E-state index contributed by atoms with van der Waals surface area (Å²) in [4.78, 5) is 52.7. The van der Waals surface area contributed by atoms with Crippen LogP contribution < -0.4 is 10.6 Å². The lowest BCUT2D eigenvalue weighted by Gasteiger charge is -2.49. The highest BCUT2D eigenvalue weighted by molar-refractivity contribution is 5.77. The lowest BCUT2D eigenvalue weighted by molar-refractivity contribution is -0.404. The monoisotopic (exact) mass is 470 g/mol. The van der Waals surface area contributed by atoms with Gasteiger partial charge >= 0.3 is 11.4 Å². The Morgan fingerprint density at radius 2 is 1.42 bits per heavy atom. The van der Waals surface area contributed by atoms with E-state index in [9.17, 15) is 39.9 Å². The van der Waals surface area contributed by atoms with E-state index in [2.05, 4.69) is 29.5 Å². The summed E-state index contributed by atoms with van der Waals surface area (Å²) in [7, 11) is 2.06. The molecular weight excluding hydrogens is 444 g/mol. The van der Waals surface area contributed by atoms with Crippen molar-refractivity contribution in [3.8, 4) is 5.75 Å². The van der Waals surface area contributed by atoms with E-state index < -0.39 is 43.2 Å². The Balaban J connectivity index is 0.000000331. The fraction of sp³-hybridized carbons (Fsp3) is 0.556. The van der Waals surface area contributed by atoms with Gasteiger partial charge in [0, 0.05) is 38.8 Å². The van der Waals surface area contributed by atoms with Gasteiger partial charge in [0.1, 0.15) is 5.66 Å². The van der Waals surface area contributed by atoms with Crippen LogP contribution in [0.3, 0.4) is 0 Å². The molecule has 2 amide bonds. The predicted octanol–water partition coefficient (Wildman–Crippen LogP) is 1.43. The number of nitrogens with one attached hydrogen (secondary N) is 2. The molecule has 1 aromatic rings. The first kappa shape index (κ1) is 27.2. The average Bonchev–Trinajstić information content (AvgIpc) is 2.65. The second-order valence-corrected chi connectivity index (χ2v) is 7.83. The average molecular weight is 470 g/mol. The number of aromatic hydroxyl groups is 1. The molecule has 1 heterocycles. The molecule has 33 heavy (non-hydrogen) atoms. The van der Waals surface area contributed by atoms with Gasteiger partial charge < -0.3 is 20.6 Å². The molecule has 0 spiro atoms. The summed E-state index contributed by atoms with van der Waals surface area (Å²) in [5.74, 6) is -1.25. The fourth-order valence-corrected chi connectivity index (χ4v) is 3.57.